The molecule has 1 aromatic carbocycles. The molecule has 2 rings (SSSR count). The van der Waals surface area contributed by atoms with Gasteiger partial charge in [-0.1, -0.05) is 18.2 Å². The lowest BCUT2D eigenvalue weighted by molar-refractivity contribution is 0.0848. The molecule has 0 unspecified atom stereocenters. The second-order valence-electron chi connectivity index (χ2n) is 3.92. The number of benzene rings is 1. The van der Waals surface area contributed by atoms with Gasteiger partial charge >= 0.3 is 0 Å². The Morgan fingerprint density at radius 2 is 1.68 bits per heavy atom. The first-order valence-corrected chi connectivity index (χ1v) is 6.49. The van der Waals surface area contributed by atoms with Crippen LogP contribution in [0.15, 0.2) is 30.3 Å². The third-order valence-electron chi connectivity index (χ3n) is 2.44. The molecule has 2 amide bonds. The smallest absolute Gasteiger partial charge is 0.267 e. The predicted molar refractivity (Wildman–Crippen MR) is 73.0 cm³/mol. The molecule has 0 spiro atoms. The topological polar surface area (TPSA) is 71.1 Å². The summed E-state index contributed by atoms with van der Waals surface area (Å²) < 4.78 is 0. The summed E-state index contributed by atoms with van der Waals surface area (Å²) in [4.78, 5) is 28.3. The Kier molecular flexibility index (Phi) is 3.91. The SMILES string of the molecule is Cc1nc(C)c(C(=O)NNC(=O)c2ccccc2)s1. The van der Waals surface area contributed by atoms with Crippen molar-refractivity contribution in [2.75, 3.05) is 0 Å². The first-order valence-electron chi connectivity index (χ1n) is 5.67. The molecular formula is C13H13N3O2S. The van der Waals surface area contributed by atoms with Gasteiger partial charge < -0.3 is 0 Å². The third kappa shape index (κ3) is 3.17. The summed E-state index contributed by atoms with van der Waals surface area (Å²) in [6, 6.07) is 8.67. The number of aromatic nitrogens is 1. The molecule has 6 heteroatoms. The van der Waals surface area contributed by atoms with Crippen molar-refractivity contribution in [3.63, 3.8) is 0 Å². The van der Waals surface area contributed by atoms with E-state index in [9.17, 15) is 9.59 Å². The van der Waals surface area contributed by atoms with Crippen molar-refractivity contribution in [3.8, 4) is 0 Å². The number of amides is 2. The fraction of sp³-hybridized carbons (Fsp3) is 0.154. The van der Waals surface area contributed by atoms with Crippen LogP contribution in [0.1, 0.15) is 30.7 Å². The van der Waals surface area contributed by atoms with Gasteiger partial charge in [-0.15, -0.1) is 11.3 Å². The Bertz CT molecular complexity index is 608. The van der Waals surface area contributed by atoms with Crippen LogP contribution in [0.3, 0.4) is 0 Å². The first kappa shape index (κ1) is 13.2. The number of hydrazine groups is 1. The highest BCUT2D eigenvalue weighted by molar-refractivity contribution is 7.13. The molecule has 0 aliphatic carbocycles. The van der Waals surface area contributed by atoms with Crippen molar-refractivity contribution in [1.82, 2.24) is 15.8 Å². The van der Waals surface area contributed by atoms with E-state index in [2.05, 4.69) is 15.8 Å². The van der Waals surface area contributed by atoms with Crippen LogP contribution in [0.5, 0.6) is 0 Å². The predicted octanol–water partition coefficient (Wildman–Crippen LogP) is 1.83. The molecule has 0 bridgehead atoms. The number of nitrogens with zero attached hydrogens (tertiary/aromatic N) is 1. The van der Waals surface area contributed by atoms with Crippen LogP contribution >= 0.6 is 11.3 Å². The third-order valence-corrected chi connectivity index (χ3v) is 3.51. The van der Waals surface area contributed by atoms with E-state index < -0.39 is 0 Å². The zero-order valence-electron chi connectivity index (χ0n) is 10.6. The average Bonchev–Trinajstić information content (AvgIpc) is 2.75. The van der Waals surface area contributed by atoms with E-state index >= 15 is 0 Å². The summed E-state index contributed by atoms with van der Waals surface area (Å²) in [6.07, 6.45) is 0. The summed E-state index contributed by atoms with van der Waals surface area (Å²) in [5.74, 6) is -0.708. The lowest BCUT2D eigenvalue weighted by atomic mass is 10.2. The number of nitrogens with one attached hydrogen (secondary N) is 2. The summed E-state index contributed by atoms with van der Waals surface area (Å²) in [5.41, 5.74) is 5.90. The number of thiazole rings is 1. The van der Waals surface area contributed by atoms with Crippen LogP contribution in [0, 0.1) is 13.8 Å². The van der Waals surface area contributed by atoms with Gasteiger partial charge in [0.05, 0.1) is 10.7 Å². The Balaban J connectivity index is 1.98. The van der Waals surface area contributed by atoms with Crippen LogP contribution < -0.4 is 10.9 Å². The molecule has 0 fully saturated rings. The second kappa shape index (κ2) is 5.62. The van der Waals surface area contributed by atoms with Crippen molar-refractivity contribution in [2.45, 2.75) is 13.8 Å². The number of rotatable bonds is 2. The normalized spacial score (nSPS) is 10.0. The standard InChI is InChI=1S/C13H13N3O2S/c1-8-11(19-9(2)14-8)13(18)16-15-12(17)10-6-4-3-5-7-10/h3-7H,1-2H3,(H,15,17)(H,16,18). The monoisotopic (exact) mass is 275 g/mol. The number of hydrogen-bond acceptors (Lipinski definition) is 4. The molecule has 1 aromatic heterocycles. The highest BCUT2D eigenvalue weighted by Gasteiger charge is 2.14. The van der Waals surface area contributed by atoms with E-state index in [1.165, 1.54) is 11.3 Å². The molecule has 0 aliphatic rings. The fourth-order valence-corrected chi connectivity index (χ4v) is 2.39. The molecule has 0 saturated carbocycles. The molecule has 98 valence electrons. The van der Waals surface area contributed by atoms with Gasteiger partial charge in [0, 0.05) is 5.56 Å². The summed E-state index contributed by atoms with van der Waals surface area (Å²) >= 11 is 1.30. The van der Waals surface area contributed by atoms with Crippen LogP contribution in [-0.4, -0.2) is 16.8 Å². The molecule has 2 N–H and O–H groups in total. The van der Waals surface area contributed by atoms with Crippen molar-refractivity contribution in [2.24, 2.45) is 0 Å². The van der Waals surface area contributed by atoms with Crippen molar-refractivity contribution in [3.05, 3.63) is 51.5 Å². The van der Waals surface area contributed by atoms with Gasteiger partial charge in [0.2, 0.25) is 0 Å². The van der Waals surface area contributed by atoms with Crippen molar-refractivity contribution >= 4 is 23.2 Å². The molecule has 0 atom stereocenters. The van der Waals surface area contributed by atoms with Crippen molar-refractivity contribution in [1.29, 1.82) is 0 Å². The van der Waals surface area contributed by atoms with E-state index in [0.29, 0.717) is 16.1 Å². The number of aryl methyl sites for hydroxylation is 2. The van der Waals surface area contributed by atoms with E-state index in [-0.39, 0.29) is 11.8 Å². The Hall–Kier alpha value is -2.21. The molecule has 19 heavy (non-hydrogen) atoms. The summed E-state index contributed by atoms with van der Waals surface area (Å²) in [5, 5.41) is 0.817. The van der Waals surface area contributed by atoms with Crippen LogP contribution in [0.4, 0.5) is 0 Å². The zero-order chi connectivity index (χ0) is 13.8. The van der Waals surface area contributed by atoms with Gasteiger partial charge in [0.1, 0.15) is 4.88 Å². The van der Waals surface area contributed by atoms with Crippen LogP contribution in [0.2, 0.25) is 0 Å². The van der Waals surface area contributed by atoms with E-state index in [0.717, 1.165) is 5.01 Å². The second-order valence-corrected chi connectivity index (χ2v) is 5.12. The van der Waals surface area contributed by atoms with E-state index in [1.54, 1.807) is 31.2 Å². The minimum atomic E-state index is -0.354. The summed E-state index contributed by atoms with van der Waals surface area (Å²) in [6.45, 7) is 3.59. The molecule has 0 radical (unpaired) electrons. The van der Waals surface area contributed by atoms with Gasteiger partial charge in [-0.05, 0) is 26.0 Å². The number of carbonyl (C=O) groups is 2. The average molecular weight is 275 g/mol. The van der Waals surface area contributed by atoms with E-state index in [4.69, 9.17) is 0 Å². The van der Waals surface area contributed by atoms with Gasteiger partial charge in [0.15, 0.2) is 0 Å². The van der Waals surface area contributed by atoms with Crippen LogP contribution in [-0.2, 0) is 0 Å². The fourth-order valence-electron chi connectivity index (χ4n) is 1.57. The quantitative estimate of drug-likeness (QED) is 0.821. The van der Waals surface area contributed by atoms with Crippen LogP contribution in [0.25, 0.3) is 0 Å². The highest BCUT2D eigenvalue weighted by atomic mass is 32.1. The Labute approximate surface area is 114 Å². The van der Waals surface area contributed by atoms with Gasteiger partial charge in [-0.25, -0.2) is 4.98 Å². The first-order chi connectivity index (χ1) is 9.08. The minimum Gasteiger partial charge on any atom is -0.267 e. The molecule has 5 nitrogen and oxygen atoms in total. The van der Waals surface area contributed by atoms with Crippen molar-refractivity contribution < 1.29 is 9.59 Å². The molecule has 0 saturated heterocycles. The van der Waals surface area contributed by atoms with Gasteiger partial charge in [-0.3, -0.25) is 20.4 Å². The minimum absolute atomic E-state index is 0.354. The Morgan fingerprint density at radius 1 is 1.05 bits per heavy atom. The summed E-state index contributed by atoms with van der Waals surface area (Å²) in [7, 11) is 0. The number of carbonyl (C=O) groups excluding carboxylic acids is 2. The maximum Gasteiger partial charge on any atom is 0.281 e. The highest BCUT2D eigenvalue weighted by Crippen LogP contribution is 2.16. The molecule has 0 aliphatic heterocycles. The molecule has 1 heterocycles. The largest absolute Gasteiger partial charge is 0.281 e. The zero-order valence-corrected chi connectivity index (χ0v) is 11.4. The number of hydrogen-bond donors (Lipinski definition) is 2. The maximum absolute atomic E-state index is 11.9. The maximum atomic E-state index is 11.9. The molecule has 2 aromatic rings. The van der Waals surface area contributed by atoms with Gasteiger partial charge in [-0.2, -0.15) is 0 Å². The van der Waals surface area contributed by atoms with Gasteiger partial charge in [0.25, 0.3) is 11.8 Å². The lowest BCUT2D eigenvalue weighted by Gasteiger charge is -2.06. The molecular weight excluding hydrogens is 262 g/mol. The van der Waals surface area contributed by atoms with E-state index in [1.807, 2.05) is 13.0 Å². The lowest BCUT2D eigenvalue weighted by Crippen LogP contribution is -2.41. The Morgan fingerprint density at radius 3 is 2.26 bits per heavy atom.